The van der Waals surface area contributed by atoms with Crippen LogP contribution in [0.5, 0.6) is 0 Å². The van der Waals surface area contributed by atoms with Crippen molar-refractivity contribution in [2.45, 2.75) is 57.9 Å². The molecule has 0 bridgehead atoms. The minimum Gasteiger partial charge on any atom is -0.465 e. The first kappa shape index (κ1) is 26.2. The molecular formula is C23H30ClFN2O4S. The zero-order valence-corrected chi connectivity index (χ0v) is 20.3. The van der Waals surface area contributed by atoms with Crippen LogP contribution in [0.4, 0.5) is 4.39 Å². The van der Waals surface area contributed by atoms with E-state index in [1.165, 1.54) is 28.6 Å². The molecule has 9 heteroatoms. The predicted octanol–water partition coefficient (Wildman–Crippen LogP) is 6.08. The lowest BCUT2D eigenvalue weighted by Crippen LogP contribution is -2.14. The molecule has 1 aromatic heterocycles. The van der Waals surface area contributed by atoms with Gasteiger partial charge in [0.25, 0.3) is 0 Å². The van der Waals surface area contributed by atoms with E-state index in [1.54, 1.807) is 19.1 Å². The highest BCUT2D eigenvalue weighted by Crippen LogP contribution is 2.29. The van der Waals surface area contributed by atoms with Crippen molar-refractivity contribution < 1.29 is 23.5 Å². The number of benzene rings is 1. The van der Waals surface area contributed by atoms with Gasteiger partial charge in [0.05, 0.1) is 25.3 Å². The number of carbonyl (C=O) groups excluding carboxylic acids is 2. The molecular weight excluding hydrogens is 455 g/mol. The summed E-state index contributed by atoms with van der Waals surface area (Å²) in [6, 6.07) is 5.91. The quantitative estimate of drug-likeness (QED) is 0.253. The Kier molecular flexibility index (Phi) is 11.0. The molecule has 0 aliphatic carbocycles. The lowest BCUT2D eigenvalue weighted by molar-refractivity contribution is -0.144. The second kappa shape index (κ2) is 13.5. The summed E-state index contributed by atoms with van der Waals surface area (Å²) in [5.41, 5.74) is 0.382. The molecule has 2 rings (SSSR count). The molecule has 0 spiro atoms. The number of halogens is 2. The fourth-order valence-electron chi connectivity index (χ4n) is 3.02. The molecule has 0 N–H and O–H groups in total. The van der Waals surface area contributed by atoms with Gasteiger partial charge in [0.2, 0.25) is 0 Å². The number of nitrogens with zero attached hydrogens (tertiary/aromatic N) is 2. The van der Waals surface area contributed by atoms with Crippen LogP contribution in [0.1, 0.15) is 63.4 Å². The van der Waals surface area contributed by atoms with Gasteiger partial charge >= 0.3 is 11.9 Å². The van der Waals surface area contributed by atoms with Crippen LogP contribution in [-0.2, 0) is 14.3 Å². The van der Waals surface area contributed by atoms with Crippen LogP contribution in [0.15, 0.2) is 29.3 Å². The number of rotatable bonds is 13. The van der Waals surface area contributed by atoms with Gasteiger partial charge in [-0.05, 0) is 31.4 Å². The largest absolute Gasteiger partial charge is 0.465 e. The summed E-state index contributed by atoms with van der Waals surface area (Å²) < 4.78 is 25.8. The maximum Gasteiger partial charge on any atom is 0.358 e. The van der Waals surface area contributed by atoms with Crippen molar-refractivity contribution in [1.82, 2.24) is 9.78 Å². The molecule has 0 amide bonds. The van der Waals surface area contributed by atoms with Crippen molar-refractivity contribution in [3.63, 3.8) is 0 Å². The molecule has 1 atom stereocenters. The Labute approximate surface area is 197 Å². The average molecular weight is 485 g/mol. The highest BCUT2D eigenvalue weighted by Gasteiger charge is 2.20. The lowest BCUT2D eigenvalue weighted by Gasteiger charge is -2.14. The molecule has 0 saturated carbocycles. The monoisotopic (exact) mass is 484 g/mol. The van der Waals surface area contributed by atoms with E-state index < -0.39 is 11.8 Å². The van der Waals surface area contributed by atoms with Crippen molar-refractivity contribution in [1.29, 1.82) is 0 Å². The molecule has 0 aliphatic rings. The number of esters is 2. The summed E-state index contributed by atoms with van der Waals surface area (Å²) in [7, 11) is 0. The Morgan fingerprint density at radius 1 is 1.25 bits per heavy atom. The molecule has 1 unspecified atom stereocenters. The van der Waals surface area contributed by atoms with Crippen molar-refractivity contribution in [2.75, 3.05) is 19.0 Å². The van der Waals surface area contributed by atoms with Crippen LogP contribution < -0.4 is 0 Å². The SMILES string of the molecule is CCCCC(CC)COC(=O)CCSc1cc(C(=O)OCC)nn1-c1cccc(F)c1Cl. The van der Waals surface area contributed by atoms with Gasteiger partial charge in [-0.25, -0.2) is 13.9 Å². The minimum absolute atomic E-state index is 0.0824. The highest BCUT2D eigenvalue weighted by molar-refractivity contribution is 7.99. The first-order valence-electron chi connectivity index (χ1n) is 10.9. The summed E-state index contributed by atoms with van der Waals surface area (Å²) in [6.45, 7) is 6.58. The van der Waals surface area contributed by atoms with Gasteiger partial charge in [0, 0.05) is 11.8 Å². The third kappa shape index (κ3) is 7.52. The smallest absolute Gasteiger partial charge is 0.358 e. The maximum absolute atomic E-state index is 14.0. The van der Waals surface area contributed by atoms with Gasteiger partial charge in [-0.3, -0.25) is 4.79 Å². The molecule has 0 aliphatic heterocycles. The Morgan fingerprint density at radius 3 is 2.72 bits per heavy atom. The van der Waals surface area contributed by atoms with E-state index in [0.29, 0.717) is 29.0 Å². The average Bonchev–Trinajstić information content (AvgIpc) is 3.20. The van der Waals surface area contributed by atoms with Crippen LogP contribution in [0.25, 0.3) is 5.69 Å². The number of ether oxygens (including phenoxy) is 2. The van der Waals surface area contributed by atoms with Gasteiger partial charge in [-0.2, -0.15) is 5.10 Å². The normalized spacial score (nSPS) is 11.9. The first-order valence-corrected chi connectivity index (χ1v) is 12.3. The topological polar surface area (TPSA) is 70.4 Å². The third-order valence-electron chi connectivity index (χ3n) is 4.90. The Balaban J connectivity index is 2.06. The zero-order chi connectivity index (χ0) is 23.5. The van der Waals surface area contributed by atoms with E-state index in [9.17, 15) is 14.0 Å². The summed E-state index contributed by atoms with van der Waals surface area (Å²) in [6.07, 6.45) is 4.48. The Morgan fingerprint density at radius 2 is 2.03 bits per heavy atom. The van der Waals surface area contributed by atoms with Crippen LogP contribution in [0, 0.1) is 11.7 Å². The summed E-state index contributed by atoms with van der Waals surface area (Å²) in [5, 5.41) is 4.69. The van der Waals surface area contributed by atoms with Crippen molar-refractivity contribution in [3.8, 4) is 5.69 Å². The molecule has 0 fully saturated rings. The predicted molar refractivity (Wildman–Crippen MR) is 124 cm³/mol. The molecule has 6 nitrogen and oxygen atoms in total. The molecule has 1 heterocycles. The van der Waals surface area contributed by atoms with Crippen molar-refractivity contribution in [2.24, 2.45) is 5.92 Å². The van der Waals surface area contributed by atoms with Crippen LogP contribution in [0.2, 0.25) is 5.02 Å². The fraction of sp³-hybridized carbons (Fsp3) is 0.522. The molecule has 2 aromatic rings. The lowest BCUT2D eigenvalue weighted by atomic mass is 10.0. The molecule has 176 valence electrons. The Hall–Kier alpha value is -2.06. The van der Waals surface area contributed by atoms with E-state index in [2.05, 4.69) is 18.9 Å². The van der Waals surface area contributed by atoms with E-state index in [0.717, 1.165) is 25.7 Å². The second-order valence-electron chi connectivity index (χ2n) is 7.27. The standard InChI is InChI=1S/C23H30ClFN2O4S/c1-4-7-9-16(5-2)15-31-21(28)12-13-32-20-14-18(23(29)30-6-3)26-27(20)19-11-8-10-17(25)22(19)24/h8,10-11,14,16H,4-7,9,12-13,15H2,1-3H3. The summed E-state index contributed by atoms with van der Waals surface area (Å²) >= 11 is 7.43. The maximum atomic E-state index is 14.0. The number of hydrogen-bond donors (Lipinski definition) is 0. The summed E-state index contributed by atoms with van der Waals surface area (Å²) in [5.74, 6) is -0.655. The number of aromatic nitrogens is 2. The zero-order valence-electron chi connectivity index (χ0n) is 18.7. The first-order chi connectivity index (χ1) is 15.4. The van der Waals surface area contributed by atoms with Crippen molar-refractivity contribution in [3.05, 3.63) is 40.8 Å². The van der Waals surface area contributed by atoms with Gasteiger partial charge in [0.1, 0.15) is 15.9 Å². The van der Waals surface area contributed by atoms with Crippen LogP contribution in [-0.4, -0.2) is 40.7 Å². The van der Waals surface area contributed by atoms with E-state index >= 15 is 0 Å². The summed E-state index contributed by atoms with van der Waals surface area (Å²) in [4.78, 5) is 24.3. The number of thioether (sulfide) groups is 1. The minimum atomic E-state index is -0.592. The van der Waals surface area contributed by atoms with Crippen LogP contribution >= 0.6 is 23.4 Å². The molecule has 1 aromatic carbocycles. The van der Waals surface area contributed by atoms with Crippen molar-refractivity contribution >= 4 is 35.3 Å². The van der Waals surface area contributed by atoms with E-state index in [4.69, 9.17) is 21.1 Å². The Bertz CT molecular complexity index is 906. The number of hydrogen-bond acceptors (Lipinski definition) is 6. The van der Waals surface area contributed by atoms with Gasteiger partial charge < -0.3 is 9.47 Å². The van der Waals surface area contributed by atoms with E-state index in [-0.39, 0.29) is 29.7 Å². The van der Waals surface area contributed by atoms with Gasteiger partial charge in [-0.15, -0.1) is 11.8 Å². The third-order valence-corrected chi connectivity index (χ3v) is 6.27. The van der Waals surface area contributed by atoms with Gasteiger partial charge in [0.15, 0.2) is 5.69 Å². The molecule has 0 radical (unpaired) electrons. The van der Waals surface area contributed by atoms with E-state index in [1.807, 2.05) is 0 Å². The van der Waals surface area contributed by atoms with Gasteiger partial charge in [-0.1, -0.05) is 50.8 Å². The highest BCUT2D eigenvalue weighted by atomic mass is 35.5. The van der Waals surface area contributed by atoms with Crippen LogP contribution in [0.3, 0.4) is 0 Å². The number of carbonyl (C=O) groups is 2. The fourth-order valence-corrected chi connectivity index (χ4v) is 4.16. The second-order valence-corrected chi connectivity index (χ2v) is 8.76. The number of unbranched alkanes of at least 4 members (excludes halogenated alkanes) is 1. The molecule has 32 heavy (non-hydrogen) atoms. The molecule has 0 saturated heterocycles.